The number of likely N-dealkylation sites (N-methyl/N-ethyl adjacent to an activating group) is 1. The fraction of sp³-hybridized carbons (Fsp3) is 0.780. The van der Waals surface area contributed by atoms with Crippen molar-refractivity contribution in [2.24, 2.45) is 5.92 Å². The first-order valence-electron chi connectivity index (χ1n) is 29.1. The predicted molar refractivity (Wildman–Crippen MR) is 308 cm³/mol. The number of anilines is 4. The lowest BCUT2D eigenvalue weighted by Gasteiger charge is -2.59. The van der Waals surface area contributed by atoms with Crippen molar-refractivity contribution in [2.45, 2.75) is 250 Å². The van der Waals surface area contributed by atoms with Crippen LogP contribution in [0.15, 0.2) is 12.1 Å². The minimum atomic E-state index is -1.51. The number of aryl methyl sites for hydroxylation is 1. The van der Waals surface area contributed by atoms with Crippen LogP contribution in [-0.4, -0.2) is 80.0 Å². The molecule has 0 fully saturated rings. The standard InChI is InChI=1S/C59H112N10O/c1-19-31-34-36-41-62-59(57(70)67(18)30-12,68(66-45(15)16)52-38-37-47(24-6)54(48(52)25-7)60-39-22-4)69(64-42-35-32-20-2)58(29-11,63-43-44(13)14)53-49(26-8)55(61-40-33-21-3)51(28-10)56(50(53)27-9)65-46(17)23-5/h37-38,44-46,60-66H,19-36,39-43H2,1-18H3. The Morgan fingerprint density at radius 1 is 0.600 bits per heavy atom. The molecule has 7 N–H and O–H groups in total. The molecule has 0 aromatic heterocycles. The number of carbonyl (C=O) groups is 1. The van der Waals surface area contributed by atoms with E-state index in [4.69, 9.17) is 0 Å². The topological polar surface area (TPSA) is 111 Å². The fourth-order valence-corrected chi connectivity index (χ4v) is 10.2. The van der Waals surface area contributed by atoms with Gasteiger partial charge in [-0.15, -0.1) is 0 Å². The van der Waals surface area contributed by atoms with E-state index in [0.29, 0.717) is 32.0 Å². The smallest absolute Gasteiger partial charge is 0.282 e. The lowest BCUT2D eigenvalue weighted by molar-refractivity contribution is -0.168. The monoisotopic (exact) mass is 977 g/mol. The van der Waals surface area contributed by atoms with E-state index in [1.807, 2.05) is 11.9 Å². The molecule has 3 atom stereocenters. The molecule has 0 aliphatic heterocycles. The average Bonchev–Trinajstić information content (AvgIpc) is 3.36. The zero-order valence-electron chi connectivity index (χ0n) is 48.9. The molecule has 0 saturated carbocycles. The molecular weight excluding hydrogens is 865 g/mol. The SMILES string of the molecule is CCCCCCNC(C(=O)N(C)CC)(N(NC(C)C)c1ccc(CC)c(NCCC)c1CC)N(NCCCCC)C(CC)(NCC(C)C)c1c(CC)c(NCCCC)c(CC)c(NC(C)CC)c1CC. The molecule has 2 rings (SSSR count). The van der Waals surface area contributed by atoms with E-state index in [-0.39, 0.29) is 18.0 Å². The summed E-state index contributed by atoms with van der Waals surface area (Å²) in [5.74, 6) is -1.18. The first kappa shape index (κ1) is 63.0. The molecule has 11 heteroatoms. The number of rotatable bonds is 39. The molecule has 404 valence electrons. The third-order valence-electron chi connectivity index (χ3n) is 14.3. The Hall–Kier alpha value is -3.09. The van der Waals surface area contributed by atoms with E-state index >= 15 is 4.79 Å². The summed E-state index contributed by atoms with van der Waals surface area (Å²) in [6.07, 6.45) is 16.6. The number of hydrogen-bond donors (Lipinski definition) is 7. The molecule has 2 aromatic carbocycles. The molecule has 70 heavy (non-hydrogen) atoms. The van der Waals surface area contributed by atoms with Gasteiger partial charge in [-0.3, -0.25) is 20.4 Å². The van der Waals surface area contributed by atoms with Crippen molar-refractivity contribution in [1.82, 2.24) is 31.4 Å². The molecule has 0 saturated heterocycles. The summed E-state index contributed by atoms with van der Waals surface area (Å²) in [5.41, 5.74) is 19.9. The normalized spacial score (nSPS) is 14.0. The zero-order chi connectivity index (χ0) is 52.4. The Morgan fingerprint density at radius 3 is 1.73 bits per heavy atom. The summed E-state index contributed by atoms with van der Waals surface area (Å²) in [5, 5.41) is 25.6. The molecule has 1 amide bonds. The van der Waals surface area contributed by atoms with Crippen LogP contribution in [0.4, 0.5) is 22.7 Å². The quantitative estimate of drug-likeness (QED) is 0.0199. The van der Waals surface area contributed by atoms with Crippen LogP contribution in [0.2, 0.25) is 0 Å². The van der Waals surface area contributed by atoms with Crippen LogP contribution in [0.1, 0.15) is 228 Å². The third-order valence-corrected chi connectivity index (χ3v) is 14.3. The van der Waals surface area contributed by atoms with E-state index in [1.165, 1.54) is 50.4 Å². The highest BCUT2D eigenvalue weighted by Crippen LogP contribution is 2.48. The maximum Gasteiger partial charge on any atom is 0.282 e. The predicted octanol–water partition coefficient (Wildman–Crippen LogP) is 13.3. The van der Waals surface area contributed by atoms with E-state index < -0.39 is 11.4 Å². The number of benzene rings is 2. The highest BCUT2D eigenvalue weighted by molar-refractivity contribution is 5.90. The van der Waals surface area contributed by atoms with E-state index in [2.05, 4.69) is 177 Å². The minimum Gasteiger partial charge on any atom is -0.385 e. The molecule has 0 bridgehead atoms. The van der Waals surface area contributed by atoms with Crippen LogP contribution in [0.3, 0.4) is 0 Å². The lowest BCUT2D eigenvalue weighted by atomic mass is 9.79. The highest BCUT2D eigenvalue weighted by atomic mass is 16.2. The number of unbranched alkanes of at least 4 members (excludes halogenated alkanes) is 6. The molecule has 3 unspecified atom stereocenters. The van der Waals surface area contributed by atoms with E-state index in [1.54, 1.807) is 0 Å². The molecule has 0 aliphatic rings. The molecule has 2 aromatic rings. The van der Waals surface area contributed by atoms with E-state index in [9.17, 15) is 0 Å². The Kier molecular flexibility index (Phi) is 29.6. The summed E-state index contributed by atoms with van der Waals surface area (Å²) in [7, 11) is 2.00. The second-order valence-electron chi connectivity index (χ2n) is 20.6. The fourth-order valence-electron chi connectivity index (χ4n) is 10.2. The van der Waals surface area contributed by atoms with E-state index in [0.717, 1.165) is 128 Å². The van der Waals surface area contributed by atoms with Crippen LogP contribution in [0.25, 0.3) is 0 Å². The number of amides is 1. The molecule has 0 aliphatic carbocycles. The first-order chi connectivity index (χ1) is 33.6. The number of carbonyl (C=O) groups excluding carboxylic acids is 1. The van der Waals surface area contributed by atoms with Crippen LogP contribution in [0, 0.1) is 5.92 Å². The van der Waals surface area contributed by atoms with Gasteiger partial charge >= 0.3 is 0 Å². The Bertz CT molecular complexity index is 1780. The van der Waals surface area contributed by atoms with Crippen molar-refractivity contribution >= 4 is 28.7 Å². The average molecular weight is 978 g/mol. The number of hydrogen-bond acceptors (Lipinski definition) is 10. The van der Waals surface area contributed by atoms with Gasteiger partial charge in [-0.25, -0.2) is 10.9 Å². The van der Waals surface area contributed by atoms with Gasteiger partial charge in [-0.2, -0.15) is 5.01 Å². The first-order valence-corrected chi connectivity index (χ1v) is 29.1. The van der Waals surface area contributed by atoms with Gasteiger partial charge in [0.05, 0.1) is 5.69 Å². The van der Waals surface area contributed by atoms with Crippen LogP contribution < -0.4 is 42.4 Å². The van der Waals surface area contributed by atoms with Gasteiger partial charge in [-0.05, 0) is 151 Å². The van der Waals surface area contributed by atoms with Crippen molar-refractivity contribution in [3.05, 3.63) is 45.5 Å². The maximum absolute atomic E-state index is 16.9. The van der Waals surface area contributed by atoms with Gasteiger partial charge < -0.3 is 20.9 Å². The van der Waals surface area contributed by atoms with Crippen LogP contribution in [0.5, 0.6) is 0 Å². The number of nitrogens with one attached hydrogen (secondary N) is 7. The highest BCUT2D eigenvalue weighted by Gasteiger charge is 2.60. The second kappa shape index (κ2) is 32.9. The van der Waals surface area contributed by atoms with Gasteiger partial charge in [0.25, 0.3) is 11.7 Å². The molecule has 0 radical (unpaired) electrons. The van der Waals surface area contributed by atoms with Gasteiger partial charge in [-0.1, -0.05) is 135 Å². The Balaban J connectivity index is 3.78. The van der Waals surface area contributed by atoms with Gasteiger partial charge in [0.1, 0.15) is 5.66 Å². The Labute approximate surface area is 432 Å². The summed E-state index contributed by atoms with van der Waals surface area (Å²) < 4.78 is 0. The largest absolute Gasteiger partial charge is 0.385 e. The second-order valence-corrected chi connectivity index (χ2v) is 20.6. The maximum atomic E-state index is 16.9. The Morgan fingerprint density at radius 2 is 1.20 bits per heavy atom. The van der Waals surface area contributed by atoms with Crippen molar-refractivity contribution in [2.75, 3.05) is 67.3 Å². The van der Waals surface area contributed by atoms with Crippen LogP contribution in [-0.2, 0) is 42.6 Å². The summed E-state index contributed by atoms with van der Waals surface area (Å²) in [6, 6.07) is 4.86. The summed E-state index contributed by atoms with van der Waals surface area (Å²) in [6.45, 7) is 43.2. The van der Waals surface area contributed by atoms with Crippen molar-refractivity contribution < 1.29 is 4.79 Å². The third kappa shape index (κ3) is 15.7. The summed E-state index contributed by atoms with van der Waals surface area (Å²) >= 11 is 0. The van der Waals surface area contributed by atoms with Crippen LogP contribution >= 0.6 is 0 Å². The van der Waals surface area contributed by atoms with Gasteiger partial charge in [0.2, 0.25) is 0 Å². The number of nitrogens with zero attached hydrogens (tertiary/aromatic N) is 3. The number of hydrazine groups is 2. The molecular formula is C59H112N10O. The van der Waals surface area contributed by atoms with Gasteiger partial charge in [0.15, 0.2) is 0 Å². The summed E-state index contributed by atoms with van der Waals surface area (Å²) in [4.78, 5) is 18.8. The lowest BCUT2D eigenvalue weighted by Crippen LogP contribution is -2.85. The van der Waals surface area contributed by atoms with Crippen molar-refractivity contribution in [3.63, 3.8) is 0 Å². The minimum absolute atomic E-state index is 0.00369. The molecule has 11 nitrogen and oxygen atoms in total. The van der Waals surface area contributed by atoms with Crippen molar-refractivity contribution in [3.8, 4) is 0 Å². The van der Waals surface area contributed by atoms with Gasteiger partial charge in [0, 0.05) is 67.9 Å². The molecule has 0 heterocycles. The molecule has 0 spiro atoms. The van der Waals surface area contributed by atoms with Crippen molar-refractivity contribution in [1.29, 1.82) is 0 Å². The zero-order valence-corrected chi connectivity index (χ0v) is 48.9.